The van der Waals surface area contributed by atoms with Crippen LogP contribution in [0.2, 0.25) is 0 Å². The van der Waals surface area contributed by atoms with Crippen molar-refractivity contribution in [1.29, 1.82) is 0 Å². The molecule has 0 bridgehead atoms. The van der Waals surface area contributed by atoms with Crippen molar-refractivity contribution < 1.29 is 4.79 Å². The summed E-state index contributed by atoms with van der Waals surface area (Å²) in [5.74, 6) is 1.59. The monoisotopic (exact) mass is 220 g/mol. The Bertz CT molecular complexity index is 324. The Hall–Kier alpha value is -0.590. The summed E-state index contributed by atoms with van der Waals surface area (Å²) < 4.78 is 0. The van der Waals surface area contributed by atoms with Crippen LogP contribution >= 0.6 is 0 Å². The predicted molar refractivity (Wildman–Crippen MR) is 67.2 cm³/mol. The Morgan fingerprint density at radius 3 is 2.69 bits per heavy atom. The van der Waals surface area contributed by atoms with Crippen LogP contribution < -0.4 is 0 Å². The van der Waals surface area contributed by atoms with Crippen LogP contribution in [0, 0.1) is 23.2 Å². The highest BCUT2D eigenvalue weighted by Crippen LogP contribution is 2.47. The first-order valence-corrected chi connectivity index (χ1v) is 6.63. The summed E-state index contributed by atoms with van der Waals surface area (Å²) in [6.45, 7) is 9.01. The van der Waals surface area contributed by atoms with Gasteiger partial charge in [0.15, 0.2) is 0 Å². The summed E-state index contributed by atoms with van der Waals surface area (Å²) in [4.78, 5) is 12.3. The van der Waals surface area contributed by atoms with E-state index in [4.69, 9.17) is 0 Å². The van der Waals surface area contributed by atoms with Crippen molar-refractivity contribution in [3.05, 3.63) is 11.6 Å². The molecule has 0 spiro atoms. The van der Waals surface area contributed by atoms with E-state index in [0.717, 1.165) is 19.3 Å². The second-order valence-electron chi connectivity index (χ2n) is 6.51. The quantitative estimate of drug-likeness (QED) is 0.564. The van der Waals surface area contributed by atoms with Crippen molar-refractivity contribution >= 4 is 5.78 Å². The molecule has 2 rings (SSSR count). The molecule has 0 radical (unpaired) electrons. The third kappa shape index (κ3) is 1.97. The largest absolute Gasteiger partial charge is 0.299 e. The summed E-state index contributed by atoms with van der Waals surface area (Å²) in [6, 6.07) is 0. The van der Waals surface area contributed by atoms with Gasteiger partial charge in [-0.2, -0.15) is 0 Å². The van der Waals surface area contributed by atoms with Crippen molar-refractivity contribution in [2.75, 3.05) is 0 Å². The molecular weight excluding hydrogens is 196 g/mol. The van der Waals surface area contributed by atoms with Gasteiger partial charge in [0.05, 0.1) is 0 Å². The molecule has 0 aromatic rings. The third-order valence-corrected chi connectivity index (χ3v) is 4.72. The third-order valence-electron chi connectivity index (χ3n) is 4.72. The maximum absolute atomic E-state index is 12.3. The van der Waals surface area contributed by atoms with Crippen LogP contribution in [0.15, 0.2) is 11.6 Å². The normalized spacial score (nSPS) is 38.6. The van der Waals surface area contributed by atoms with Gasteiger partial charge in [-0.3, -0.25) is 4.79 Å². The van der Waals surface area contributed by atoms with E-state index in [1.165, 1.54) is 12.0 Å². The van der Waals surface area contributed by atoms with Crippen LogP contribution in [0.4, 0.5) is 0 Å². The molecule has 16 heavy (non-hydrogen) atoms. The summed E-state index contributed by atoms with van der Waals surface area (Å²) in [6.07, 6.45) is 6.86. The fourth-order valence-electron chi connectivity index (χ4n) is 3.42. The van der Waals surface area contributed by atoms with E-state index in [1.807, 2.05) is 0 Å². The smallest absolute Gasteiger partial charge is 0.139 e. The number of carbonyl (C=O) groups is 1. The Morgan fingerprint density at radius 2 is 2.00 bits per heavy atom. The van der Waals surface area contributed by atoms with E-state index >= 15 is 0 Å². The van der Waals surface area contributed by atoms with Crippen LogP contribution in [0.3, 0.4) is 0 Å². The number of hydrogen-bond acceptors (Lipinski definition) is 1. The maximum atomic E-state index is 12.3. The molecule has 2 aliphatic carbocycles. The first-order valence-electron chi connectivity index (χ1n) is 6.63. The maximum Gasteiger partial charge on any atom is 0.139 e. The molecule has 0 saturated heterocycles. The highest BCUT2D eigenvalue weighted by Gasteiger charge is 2.43. The molecule has 0 aliphatic heterocycles. The van der Waals surface area contributed by atoms with Crippen LogP contribution in [0.25, 0.3) is 0 Å². The predicted octanol–water partition coefficient (Wildman–Crippen LogP) is 3.98. The molecule has 3 atom stereocenters. The van der Waals surface area contributed by atoms with Crippen LogP contribution in [0.5, 0.6) is 0 Å². The molecule has 2 aliphatic rings. The second-order valence-corrected chi connectivity index (χ2v) is 6.51. The van der Waals surface area contributed by atoms with E-state index in [2.05, 4.69) is 33.8 Å². The lowest BCUT2D eigenvalue weighted by Gasteiger charge is -2.38. The fraction of sp³-hybridized carbons (Fsp3) is 0.800. The van der Waals surface area contributed by atoms with E-state index in [-0.39, 0.29) is 5.92 Å². The van der Waals surface area contributed by atoms with Gasteiger partial charge in [-0.05, 0) is 43.9 Å². The van der Waals surface area contributed by atoms with Crippen LogP contribution in [-0.4, -0.2) is 5.78 Å². The minimum absolute atomic E-state index is 0.279. The van der Waals surface area contributed by atoms with Crippen molar-refractivity contribution in [2.45, 2.75) is 53.4 Å². The number of rotatable bonds is 0. The molecular formula is C15H24O. The molecule has 0 heterocycles. The molecule has 90 valence electrons. The van der Waals surface area contributed by atoms with Gasteiger partial charge in [0, 0.05) is 11.8 Å². The average molecular weight is 220 g/mol. The molecule has 1 saturated carbocycles. The van der Waals surface area contributed by atoms with E-state index in [1.54, 1.807) is 0 Å². The van der Waals surface area contributed by atoms with Gasteiger partial charge < -0.3 is 0 Å². The number of hydrogen-bond donors (Lipinski definition) is 0. The lowest BCUT2D eigenvalue weighted by atomic mass is 9.66. The van der Waals surface area contributed by atoms with Crippen molar-refractivity contribution in [3.8, 4) is 0 Å². The Labute approximate surface area is 99.3 Å². The molecule has 0 aromatic carbocycles. The zero-order valence-electron chi connectivity index (χ0n) is 11.0. The minimum Gasteiger partial charge on any atom is -0.299 e. The second kappa shape index (κ2) is 4.01. The number of allylic oxidation sites excluding steroid dienone is 2. The van der Waals surface area contributed by atoms with Gasteiger partial charge in [0.2, 0.25) is 0 Å². The fourth-order valence-corrected chi connectivity index (χ4v) is 3.42. The van der Waals surface area contributed by atoms with E-state index in [9.17, 15) is 4.79 Å². The average Bonchev–Trinajstić information content (AvgIpc) is 2.31. The van der Waals surface area contributed by atoms with Gasteiger partial charge >= 0.3 is 0 Å². The summed E-state index contributed by atoms with van der Waals surface area (Å²) >= 11 is 0. The Kier molecular flexibility index (Phi) is 2.98. The minimum atomic E-state index is 0.279. The molecule has 0 N–H and O–H groups in total. The number of carbonyl (C=O) groups excluding carboxylic acids is 1. The van der Waals surface area contributed by atoms with Crippen LogP contribution in [-0.2, 0) is 4.79 Å². The van der Waals surface area contributed by atoms with Crippen molar-refractivity contribution in [3.63, 3.8) is 0 Å². The molecule has 1 fully saturated rings. The zero-order chi connectivity index (χ0) is 11.9. The Morgan fingerprint density at radius 1 is 1.31 bits per heavy atom. The molecule has 0 aromatic heterocycles. The van der Waals surface area contributed by atoms with Crippen molar-refractivity contribution in [2.24, 2.45) is 23.2 Å². The highest BCUT2D eigenvalue weighted by molar-refractivity contribution is 5.84. The molecule has 0 amide bonds. The molecule has 1 nitrogen and oxygen atoms in total. The zero-order valence-corrected chi connectivity index (χ0v) is 11.0. The number of fused-ring (bicyclic) bond motifs is 1. The topological polar surface area (TPSA) is 17.1 Å². The van der Waals surface area contributed by atoms with Gasteiger partial charge in [0.1, 0.15) is 5.78 Å². The lowest BCUT2D eigenvalue weighted by Crippen LogP contribution is -2.34. The lowest BCUT2D eigenvalue weighted by molar-refractivity contribution is -0.127. The van der Waals surface area contributed by atoms with Gasteiger partial charge in [-0.15, -0.1) is 0 Å². The first kappa shape index (κ1) is 11.9. The number of Topliss-reactive ketones (excluding diaryl/α,β-unsaturated/α-hetero) is 1. The van der Waals surface area contributed by atoms with Crippen molar-refractivity contribution in [1.82, 2.24) is 0 Å². The van der Waals surface area contributed by atoms with Crippen LogP contribution in [0.1, 0.15) is 53.4 Å². The standard InChI is InChI=1S/C15H24O/c1-10-5-6-12-13(9-10)15(3,4)8-7-11(2)14(12)16/h9,11-13H,5-8H2,1-4H3/t11-,12-,13+/m1/s1. The summed E-state index contributed by atoms with van der Waals surface area (Å²) in [5.41, 5.74) is 1.78. The van der Waals surface area contributed by atoms with Gasteiger partial charge in [0.25, 0.3) is 0 Å². The first-order chi connectivity index (χ1) is 7.42. The summed E-state index contributed by atoms with van der Waals surface area (Å²) in [5, 5.41) is 0. The van der Waals surface area contributed by atoms with E-state index in [0.29, 0.717) is 23.0 Å². The summed E-state index contributed by atoms with van der Waals surface area (Å²) in [7, 11) is 0. The van der Waals surface area contributed by atoms with Gasteiger partial charge in [-0.1, -0.05) is 32.4 Å². The van der Waals surface area contributed by atoms with Gasteiger partial charge in [-0.25, -0.2) is 0 Å². The SMILES string of the molecule is CC1=C[C@H]2[C@@H](CC1)C(=O)[C@H](C)CCC2(C)C. The molecule has 1 heteroatoms. The number of ketones is 1. The molecule has 0 unspecified atom stereocenters. The highest BCUT2D eigenvalue weighted by atomic mass is 16.1. The van der Waals surface area contributed by atoms with E-state index < -0.39 is 0 Å². The Balaban J connectivity index is 2.37.